The van der Waals surface area contributed by atoms with Crippen molar-refractivity contribution in [1.82, 2.24) is 5.43 Å². The summed E-state index contributed by atoms with van der Waals surface area (Å²) in [7, 11) is 0. The Labute approximate surface area is 68.0 Å². The molecule has 1 rings (SSSR count). The molecule has 0 radical (unpaired) electrons. The fraction of sp³-hybridized carbons (Fsp3) is 0.875. The van der Waals surface area contributed by atoms with E-state index in [0.29, 0.717) is 6.04 Å². The first-order chi connectivity index (χ1) is 5.04. The molecule has 0 aromatic carbocycles. The SMILES string of the molecule is CC(C)(C)C(=NC1CC1)NN. The van der Waals surface area contributed by atoms with Gasteiger partial charge in [-0.05, 0) is 12.8 Å². The van der Waals surface area contributed by atoms with E-state index in [1.54, 1.807) is 0 Å². The average Bonchev–Trinajstić information content (AvgIpc) is 2.62. The van der Waals surface area contributed by atoms with E-state index >= 15 is 0 Å². The number of nitrogens with two attached hydrogens (primary N) is 1. The van der Waals surface area contributed by atoms with E-state index < -0.39 is 0 Å². The molecule has 0 heterocycles. The van der Waals surface area contributed by atoms with Crippen molar-refractivity contribution in [2.24, 2.45) is 16.3 Å². The summed E-state index contributed by atoms with van der Waals surface area (Å²) in [6.45, 7) is 6.32. The number of nitrogens with zero attached hydrogens (tertiary/aromatic N) is 1. The summed E-state index contributed by atoms with van der Waals surface area (Å²) in [6.07, 6.45) is 2.45. The molecule has 0 spiro atoms. The highest BCUT2D eigenvalue weighted by Crippen LogP contribution is 2.26. The van der Waals surface area contributed by atoms with Crippen LogP contribution in [0, 0.1) is 5.41 Å². The predicted octanol–water partition coefficient (Wildman–Crippen LogP) is 1.06. The topological polar surface area (TPSA) is 50.4 Å². The van der Waals surface area contributed by atoms with Crippen molar-refractivity contribution >= 4 is 5.84 Å². The number of hydrogen-bond acceptors (Lipinski definition) is 2. The fourth-order valence-electron chi connectivity index (χ4n) is 0.834. The minimum Gasteiger partial charge on any atom is -0.312 e. The Kier molecular flexibility index (Phi) is 2.18. The second-order valence-electron chi connectivity index (χ2n) is 4.10. The first-order valence-electron chi connectivity index (χ1n) is 4.09. The van der Waals surface area contributed by atoms with Crippen molar-refractivity contribution in [2.75, 3.05) is 0 Å². The van der Waals surface area contributed by atoms with Crippen LogP contribution in [0.2, 0.25) is 0 Å². The molecule has 3 N–H and O–H groups in total. The van der Waals surface area contributed by atoms with Gasteiger partial charge in [0, 0.05) is 5.41 Å². The summed E-state index contributed by atoms with van der Waals surface area (Å²) >= 11 is 0. The minimum atomic E-state index is 0.0529. The fourth-order valence-corrected chi connectivity index (χ4v) is 0.834. The van der Waals surface area contributed by atoms with Crippen molar-refractivity contribution in [3.05, 3.63) is 0 Å². The van der Waals surface area contributed by atoms with E-state index in [-0.39, 0.29) is 5.41 Å². The molecule has 1 fully saturated rings. The highest BCUT2D eigenvalue weighted by Gasteiger charge is 2.25. The zero-order chi connectivity index (χ0) is 8.48. The third-order valence-corrected chi connectivity index (χ3v) is 1.71. The van der Waals surface area contributed by atoms with Crippen molar-refractivity contribution in [3.63, 3.8) is 0 Å². The van der Waals surface area contributed by atoms with E-state index in [1.165, 1.54) is 12.8 Å². The highest BCUT2D eigenvalue weighted by molar-refractivity contribution is 5.86. The lowest BCUT2D eigenvalue weighted by molar-refractivity contribution is 0.562. The van der Waals surface area contributed by atoms with E-state index in [1.807, 2.05) is 0 Å². The molecule has 1 aliphatic rings. The zero-order valence-corrected chi connectivity index (χ0v) is 7.52. The largest absolute Gasteiger partial charge is 0.312 e. The molecular weight excluding hydrogens is 138 g/mol. The number of amidine groups is 1. The lowest BCUT2D eigenvalue weighted by Gasteiger charge is -2.20. The molecule has 0 unspecified atom stereocenters. The van der Waals surface area contributed by atoms with Crippen LogP contribution in [0.15, 0.2) is 4.99 Å². The molecule has 0 aromatic heterocycles. The van der Waals surface area contributed by atoms with E-state index in [4.69, 9.17) is 5.84 Å². The van der Waals surface area contributed by atoms with Gasteiger partial charge in [-0.2, -0.15) is 0 Å². The molecule has 1 aliphatic carbocycles. The van der Waals surface area contributed by atoms with E-state index in [2.05, 4.69) is 31.2 Å². The molecule has 0 aliphatic heterocycles. The van der Waals surface area contributed by atoms with Crippen LogP contribution < -0.4 is 11.3 Å². The number of nitrogens with one attached hydrogen (secondary N) is 1. The summed E-state index contributed by atoms with van der Waals surface area (Å²) in [6, 6.07) is 0.542. The quantitative estimate of drug-likeness (QED) is 0.257. The highest BCUT2D eigenvalue weighted by atomic mass is 15.3. The molecule has 0 amide bonds. The molecule has 0 bridgehead atoms. The maximum Gasteiger partial charge on any atom is 0.116 e. The second-order valence-corrected chi connectivity index (χ2v) is 4.10. The van der Waals surface area contributed by atoms with Crippen LogP contribution >= 0.6 is 0 Å². The van der Waals surface area contributed by atoms with Gasteiger partial charge in [-0.1, -0.05) is 20.8 Å². The Hall–Kier alpha value is -0.570. The van der Waals surface area contributed by atoms with Gasteiger partial charge in [0.05, 0.1) is 6.04 Å². The third kappa shape index (κ3) is 2.50. The number of rotatable bonds is 1. The van der Waals surface area contributed by atoms with Crippen LogP contribution in [0.25, 0.3) is 0 Å². The summed E-state index contributed by atoms with van der Waals surface area (Å²) < 4.78 is 0. The maximum absolute atomic E-state index is 5.35. The Morgan fingerprint density at radius 2 is 2.00 bits per heavy atom. The van der Waals surface area contributed by atoms with Gasteiger partial charge in [-0.25, -0.2) is 5.84 Å². The van der Waals surface area contributed by atoms with Crippen LogP contribution in [0.4, 0.5) is 0 Å². The van der Waals surface area contributed by atoms with Gasteiger partial charge in [-0.3, -0.25) is 4.99 Å². The van der Waals surface area contributed by atoms with E-state index in [9.17, 15) is 0 Å². The Bertz CT molecular complexity index is 163. The van der Waals surface area contributed by atoms with Gasteiger partial charge in [0.1, 0.15) is 5.84 Å². The number of hydrogen-bond donors (Lipinski definition) is 2. The average molecular weight is 155 g/mol. The van der Waals surface area contributed by atoms with Crippen LogP contribution in [0.5, 0.6) is 0 Å². The van der Waals surface area contributed by atoms with Gasteiger partial charge in [0.2, 0.25) is 0 Å². The van der Waals surface area contributed by atoms with Gasteiger partial charge in [-0.15, -0.1) is 0 Å². The lowest BCUT2D eigenvalue weighted by atomic mass is 9.95. The molecule has 1 saturated carbocycles. The van der Waals surface area contributed by atoms with E-state index in [0.717, 1.165) is 5.84 Å². The molecule has 11 heavy (non-hydrogen) atoms. The number of aliphatic imine (C=N–C) groups is 1. The van der Waals surface area contributed by atoms with Crippen molar-refractivity contribution in [1.29, 1.82) is 0 Å². The summed E-state index contributed by atoms with van der Waals surface area (Å²) in [5.74, 6) is 6.27. The van der Waals surface area contributed by atoms with Crippen LogP contribution in [0.3, 0.4) is 0 Å². The van der Waals surface area contributed by atoms with Crippen molar-refractivity contribution in [2.45, 2.75) is 39.7 Å². The van der Waals surface area contributed by atoms with Crippen LogP contribution in [0.1, 0.15) is 33.6 Å². The third-order valence-electron chi connectivity index (χ3n) is 1.71. The standard InChI is InChI=1S/C8H17N3/c1-8(2,3)7(11-9)10-6-4-5-6/h6H,4-5,9H2,1-3H3,(H,10,11). The molecule has 3 nitrogen and oxygen atoms in total. The molecule has 0 atom stereocenters. The Morgan fingerprint density at radius 3 is 2.27 bits per heavy atom. The van der Waals surface area contributed by atoms with Gasteiger partial charge >= 0.3 is 0 Å². The molecule has 0 saturated heterocycles. The maximum atomic E-state index is 5.35. The molecular formula is C8H17N3. The zero-order valence-electron chi connectivity index (χ0n) is 7.52. The van der Waals surface area contributed by atoms with Crippen molar-refractivity contribution in [3.8, 4) is 0 Å². The predicted molar refractivity (Wildman–Crippen MR) is 47.2 cm³/mol. The first-order valence-corrected chi connectivity index (χ1v) is 4.09. The Balaban J connectivity index is 2.60. The minimum absolute atomic E-state index is 0.0529. The van der Waals surface area contributed by atoms with Gasteiger partial charge in [0.25, 0.3) is 0 Å². The smallest absolute Gasteiger partial charge is 0.116 e. The monoisotopic (exact) mass is 155 g/mol. The number of hydrazine groups is 1. The lowest BCUT2D eigenvalue weighted by Crippen LogP contribution is -2.40. The first kappa shape index (κ1) is 8.53. The second kappa shape index (κ2) is 2.81. The summed E-state index contributed by atoms with van der Waals surface area (Å²) in [4.78, 5) is 4.46. The summed E-state index contributed by atoms with van der Waals surface area (Å²) in [5, 5.41) is 0. The van der Waals surface area contributed by atoms with Crippen LogP contribution in [-0.4, -0.2) is 11.9 Å². The van der Waals surface area contributed by atoms with Crippen molar-refractivity contribution < 1.29 is 0 Å². The van der Waals surface area contributed by atoms with Gasteiger partial charge in [0.15, 0.2) is 0 Å². The summed E-state index contributed by atoms with van der Waals surface area (Å²) in [5.41, 5.74) is 2.72. The molecule has 3 heteroatoms. The Morgan fingerprint density at radius 1 is 1.45 bits per heavy atom. The molecule has 64 valence electrons. The van der Waals surface area contributed by atoms with Crippen LogP contribution in [-0.2, 0) is 0 Å². The molecule has 0 aromatic rings. The van der Waals surface area contributed by atoms with Gasteiger partial charge < -0.3 is 5.43 Å². The normalized spacial score (nSPS) is 20.2.